The highest BCUT2D eigenvalue weighted by Crippen LogP contribution is 2.26. The molecule has 0 rings (SSSR count). The second kappa shape index (κ2) is 21.7. The Bertz CT molecular complexity index is 906. The minimum atomic E-state index is -4.33. The highest BCUT2D eigenvalue weighted by Gasteiger charge is 2.43. The van der Waals surface area contributed by atoms with Crippen molar-refractivity contribution in [3.63, 3.8) is 0 Å². The number of unbranched alkanes of at least 4 members (excludes halogenated alkanes) is 10. The maximum atomic E-state index is 13.9. The van der Waals surface area contributed by atoms with Crippen molar-refractivity contribution < 1.29 is 16.8 Å². The van der Waals surface area contributed by atoms with Crippen LogP contribution >= 0.6 is 0 Å². The van der Waals surface area contributed by atoms with Gasteiger partial charge < -0.3 is 0 Å². The Morgan fingerprint density at radius 1 is 0.526 bits per heavy atom. The maximum absolute atomic E-state index is 13.9. The average Bonchev–Trinajstić information content (AvgIpc) is 2.88. The molecule has 0 aliphatic heterocycles. The van der Waals surface area contributed by atoms with Gasteiger partial charge in [0.15, 0.2) is 4.58 Å². The summed E-state index contributed by atoms with van der Waals surface area (Å²) in [5.74, 6) is 0. The van der Waals surface area contributed by atoms with Crippen LogP contribution in [0.25, 0.3) is 0 Å². The van der Waals surface area contributed by atoms with Crippen LogP contribution in [0.5, 0.6) is 0 Å². The lowest BCUT2D eigenvalue weighted by atomic mass is 10.1. The van der Waals surface area contributed by atoms with E-state index in [1.807, 2.05) is 24.3 Å². The molecular formula is C26H44N6O4S2. The highest BCUT2D eigenvalue weighted by molar-refractivity contribution is 8.07. The molecule has 0 atom stereocenters. The SMILES string of the molecule is CCCCCCCCCC(S(=O)(=O)N(CCCC#N)CCCC#N)S(=O)(=O)N(CCCC#N)CCCC#N. The molecule has 38 heavy (non-hydrogen) atoms. The van der Waals surface area contributed by atoms with Crippen molar-refractivity contribution in [2.45, 2.75) is 114 Å². The van der Waals surface area contributed by atoms with Gasteiger partial charge in [0.25, 0.3) is 0 Å². The van der Waals surface area contributed by atoms with Gasteiger partial charge in [0.2, 0.25) is 20.0 Å². The molecule has 0 spiro atoms. The van der Waals surface area contributed by atoms with E-state index in [0.717, 1.165) is 47.1 Å². The van der Waals surface area contributed by atoms with Gasteiger partial charge in [0.1, 0.15) is 0 Å². The fourth-order valence-corrected chi connectivity index (χ4v) is 9.21. The van der Waals surface area contributed by atoms with Crippen LogP contribution in [0.4, 0.5) is 0 Å². The van der Waals surface area contributed by atoms with Crippen LogP contribution < -0.4 is 0 Å². The standard InChI is InChI=1S/C26H44N6O4S2/c1-2-3-4-5-6-7-8-17-26(37(33,34)31(22-13-9-18-27)23-14-10-19-28)38(35,36)32(24-15-11-20-29)25-16-12-21-30/h26H,2-17,22-25H2,1H3. The Labute approximate surface area is 230 Å². The third kappa shape index (κ3) is 14.1. The Morgan fingerprint density at radius 2 is 0.842 bits per heavy atom. The first-order valence-corrected chi connectivity index (χ1v) is 16.7. The van der Waals surface area contributed by atoms with E-state index in [-0.39, 0.29) is 84.0 Å². The zero-order valence-corrected chi connectivity index (χ0v) is 24.5. The van der Waals surface area contributed by atoms with Crippen LogP contribution in [-0.2, 0) is 20.0 Å². The lowest BCUT2D eigenvalue weighted by Gasteiger charge is -2.31. The summed E-state index contributed by atoms with van der Waals surface area (Å²) in [6.07, 6.45) is 7.93. The number of rotatable bonds is 24. The number of hydrogen-bond acceptors (Lipinski definition) is 8. The summed E-state index contributed by atoms with van der Waals surface area (Å²) in [5.41, 5.74) is 0. The van der Waals surface area contributed by atoms with Gasteiger partial charge in [-0.05, 0) is 32.1 Å². The average molecular weight is 569 g/mol. The first-order valence-electron chi connectivity index (χ1n) is 13.7. The van der Waals surface area contributed by atoms with Crippen LogP contribution in [0, 0.1) is 45.3 Å². The molecule has 0 aromatic heterocycles. The number of nitrogens with zero attached hydrogens (tertiary/aromatic N) is 6. The van der Waals surface area contributed by atoms with Gasteiger partial charge in [-0.2, -0.15) is 21.0 Å². The summed E-state index contributed by atoms with van der Waals surface area (Å²) in [6.45, 7) is 2.15. The van der Waals surface area contributed by atoms with Crippen LogP contribution in [0.15, 0.2) is 0 Å². The number of sulfonamides is 2. The largest absolute Gasteiger partial charge is 0.232 e. The highest BCUT2D eigenvalue weighted by atomic mass is 32.3. The van der Waals surface area contributed by atoms with Gasteiger partial charge in [-0.25, -0.2) is 25.4 Å². The molecule has 0 aliphatic rings. The van der Waals surface area contributed by atoms with Crippen molar-refractivity contribution in [1.29, 1.82) is 21.0 Å². The third-order valence-corrected chi connectivity index (χ3v) is 11.6. The van der Waals surface area contributed by atoms with Gasteiger partial charge in [-0.1, -0.05) is 51.9 Å². The van der Waals surface area contributed by atoms with Gasteiger partial charge >= 0.3 is 0 Å². The van der Waals surface area contributed by atoms with E-state index < -0.39 is 24.6 Å². The van der Waals surface area contributed by atoms with Gasteiger partial charge in [-0.3, -0.25) is 0 Å². The summed E-state index contributed by atoms with van der Waals surface area (Å²) in [6, 6.07) is 7.95. The van der Waals surface area contributed by atoms with E-state index in [9.17, 15) is 16.8 Å². The normalized spacial score (nSPS) is 11.8. The van der Waals surface area contributed by atoms with Crippen LogP contribution in [0.3, 0.4) is 0 Å². The van der Waals surface area contributed by atoms with E-state index in [0.29, 0.717) is 6.42 Å². The Morgan fingerprint density at radius 3 is 1.16 bits per heavy atom. The molecular weight excluding hydrogens is 524 g/mol. The maximum Gasteiger partial charge on any atom is 0.232 e. The van der Waals surface area contributed by atoms with E-state index in [2.05, 4.69) is 6.92 Å². The lowest BCUT2D eigenvalue weighted by molar-refractivity contribution is 0.382. The Hall–Kier alpha value is -2.22. The fraction of sp³-hybridized carbons (Fsp3) is 0.846. The fourth-order valence-electron chi connectivity index (χ4n) is 4.12. The zero-order chi connectivity index (χ0) is 28.7. The van der Waals surface area contributed by atoms with E-state index >= 15 is 0 Å². The lowest BCUT2D eigenvalue weighted by Crippen LogP contribution is -2.49. The molecule has 0 saturated heterocycles. The van der Waals surface area contributed by atoms with Crippen molar-refractivity contribution >= 4 is 20.0 Å². The second-order valence-electron chi connectivity index (χ2n) is 9.27. The van der Waals surface area contributed by atoms with Gasteiger partial charge in [-0.15, -0.1) is 0 Å². The number of hydrogen-bond donors (Lipinski definition) is 0. The van der Waals surface area contributed by atoms with Gasteiger partial charge in [0.05, 0.1) is 24.3 Å². The monoisotopic (exact) mass is 568 g/mol. The van der Waals surface area contributed by atoms with E-state index in [1.165, 1.54) is 0 Å². The molecule has 10 nitrogen and oxygen atoms in total. The summed E-state index contributed by atoms with van der Waals surface area (Å²) < 4.78 is 56.1. The summed E-state index contributed by atoms with van der Waals surface area (Å²) in [5, 5.41) is 35.7. The molecule has 0 saturated carbocycles. The third-order valence-electron chi connectivity index (χ3n) is 6.21. The van der Waals surface area contributed by atoms with E-state index in [4.69, 9.17) is 21.0 Å². The molecule has 0 unspecified atom stereocenters. The first kappa shape index (κ1) is 35.8. The van der Waals surface area contributed by atoms with Gasteiger partial charge in [0, 0.05) is 51.9 Å². The zero-order valence-electron chi connectivity index (χ0n) is 22.9. The molecule has 0 radical (unpaired) electrons. The molecule has 0 fully saturated rings. The molecule has 0 amide bonds. The topological polar surface area (TPSA) is 170 Å². The van der Waals surface area contributed by atoms with Crippen molar-refractivity contribution in [3.8, 4) is 24.3 Å². The minimum Gasteiger partial charge on any atom is -0.211 e. The smallest absolute Gasteiger partial charge is 0.211 e. The predicted molar refractivity (Wildman–Crippen MR) is 147 cm³/mol. The molecule has 12 heteroatoms. The van der Waals surface area contributed by atoms with Crippen molar-refractivity contribution in [2.75, 3.05) is 26.2 Å². The molecule has 0 aliphatic carbocycles. The molecule has 0 bridgehead atoms. The van der Waals surface area contributed by atoms with Crippen LogP contribution in [0.2, 0.25) is 0 Å². The van der Waals surface area contributed by atoms with E-state index in [1.54, 1.807) is 0 Å². The molecule has 0 aromatic rings. The molecule has 214 valence electrons. The Balaban J connectivity index is 6.10. The van der Waals surface area contributed by atoms with Crippen LogP contribution in [-0.4, -0.2) is 56.2 Å². The van der Waals surface area contributed by atoms with Crippen LogP contribution in [0.1, 0.15) is 110 Å². The second-order valence-corrected chi connectivity index (χ2v) is 13.8. The van der Waals surface area contributed by atoms with Crippen molar-refractivity contribution in [2.24, 2.45) is 0 Å². The molecule has 0 N–H and O–H groups in total. The molecule has 0 heterocycles. The summed E-state index contributed by atoms with van der Waals surface area (Å²) >= 11 is 0. The summed E-state index contributed by atoms with van der Waals surface area (Å²) in [4.78, 5) is 0. The summed E-state index contributed by atoms with van der Waals surface area (Å²) in [7, 11) is -8.67. The first-order chi connectivity index (χ1) is 18.2. The quantitative estimate of drug-likeness (QED) is 0.147. The van der Waals surface area contributed by atoms with Crippen molar-refractivity contribution in [3.05, 3.63) is 0 Å². The molecule has 0 aromatic carbocycles. The Kier molecular flexibility index (Phi) is 20.4. The predicted octanol–water partition coefficient (Wildman–Crippen LogP) is 4.93. The minimum absolute atomic E-state index is 0.00717. The number of nitriles is 4. The van der Waals surface area contributed by atoms with Crippen molar-refractivity contribution in [1.82, 2.24) is 8.61 Å².